The van der Waals surface area contributed by atoms with Crippen LogP contribution in [0.15, 0.2) is 18.2 Å². The van der Waals surface area contributed by atoms with Crippen molar-refractivity contribution in [3.05, 3.63) is 34.6 Å². The molecule has 0 radical (unpaired) electrons. The van der Waals surface area contributed by atoms with E-state index in [1.165, 1.54) is 6.07 Å². The molecule has 0 saturated carbocycles. The van der Waals surface area contributed by atoms with Crippen LogP contribution in [-0.2, 0) is 0 Å². The number of hydrogen-bond donors (Lipinski definition) is 2. The molecular formula is C11H15ClFNO. The van der Waals surface area contributed by atoms with E-state index in [4.69, 9.17) is 16.7 Å². The Morgan fingerprint density at radius 3 is 2.80 bits per heavy atom. The maximum Gasteiger partial charge on any atom is 0.129 e. The standard InChI is InChI=1S/C11H15ClFNO/c1-2-5-14-11(7-15)9-4-3-8(12)6-10(9)13/h3-4,6,11,14-15H,2,5,7H2,1H3. The molecule has 2 N–H and O–H groups in total. The van der Waals surface area contributed by atoms with Gasteiger partial charge in [0.1, 0.15) is 5.82 Å². The Morgan fingerprint density at radius 2 is 2.27 bits per heavy atom. The lowest BCUT2D eigenvalue weighted by Gasteiger charge is -2.16. The van der Waals surface area contributed by atoms with Crippen molar-refractivity contribution in [1.29, 1.82) is 0 Å². The van der Waals surface area contributed by atoms with Crippen LogP contribution in [0.4, 0.5) is 4.39 Å². The fourth-order valence-corrected chi connectivity index (χ4v) is 1.53. The Hall–Kier alpha value is -0.640. The van der Waals surface area contributed by atoms with Crippen LogP contribution in [0.25, 0.3) is 0 Å². The minimum atomic E-state index is -0.384. The van der Waals surface area contributed by atoms with Crippen LogP contribution in [-0.4, -0.2) is 18.3 Å². The molecule has 84 valence electrons. The average molecular weight is 232 g/mol. The van der Waals surface area contributed by atoms with E-state index in [-0.39, 0.29) is 18.5 Å². The van der Waals surface area contributed by atoms with Crippen LogP contribution in [0, 0.1) is 5.82 Å². The Kier molecular flexibility index (Phi) is 5.02. The highest BCUT2D eigenvalue weighted by Crippen LogP contribution is 2.20. The molecule has 0 spiro atoms. The lowest BCUT2D eigenvalue weighted by atomic mass is 10.1. The Morgan fingerprint density at radius 1 is 1.53 bits per heavy atom. The van der Waals surface area contributed by atoms with E-state index in [0.717, 1.165) is 13.0 Å². The van der Waals surface area contributed by atoms with Gasteiger partial charge in [-0.25, -0.2) is 4.39 Å². The first-order chi connectivity index (χ1) is 7.19. The maximum atomic E-state index is 13.5. The molecule has 15 heavy (non-hydrogen) atoms. The molecule has 0 heterocycles. The first-order valence-electron chi connectivity index (χ1n) is 4.98. The van der Waals surface area contributed by atoms with Crippen LogP contribution in [0.3, 0.4) is 0 Å². The largest absolute Gasteiger partial charge is 0.394 e. The van der Waals surface area contributed by atoms with E-state index in [1.807, 2.05) is 6.92 Å². The van der Waals surface area contributed by atoms with Crippen LogP contribution >= 0.6 is 11.6 Å². The molecule has 0 aliphatic heterocycles. The van der Waals surface area contributed by atoms with Crippen LogP contribution in [0.1, 0.15) is 24.9 Å². The summed E-state index contributed by atoms with van der Waals surface area (Å²) in [6, 6.07) is 4.12. The summed E-state index contributed by atoms with van der Waals surface area (Å²) < 4.78 is 13.5. The molecule has 2 nitrogen and oxygen atoms in total. The number of aliphatic hydroxyl groups is 1. The summed E-state index contributed by atoms with van der Waals surface area (Å²) >= 11 is 5.65. The molecular weight excluding hydrogens is 217 g/mol. The van der Waals surface area contributed by atoms with Crippen LogP contribution in [0.2, 0.25) is 5.02 Å². The van der Waals surface area contributed by atoms with Gasteiger partial charge in [-0.2, -0.15) is 0 Å². The van der Waals surface area contributed by atoms with Crippen molar-refractivity contribution < 1.29 is 9.50 Å². The number of aliphatic hydroxyl groups excluding tert-OH is 1. The first kappa shape index (κ1) is 12.4. The second-order valence-corrected chi connectivity index (χ2v) is 3.79. The summed E-state index contributed by atoms with van der Waals surface area (Å²) in [4.78, 5) is 0. The summed E-state index contributed by atoms with van der Waals surface area (Å²) in [5.74, 6) is -0.384. The average Bonchev–Trinajstić information content (AvgIpc) is 2.21. The van der Waals surface area contributed by atoms with Crippen LogP contribution < -0.4 is 5.32 Å². The lowest BCUT2D eigenvalue weighted by Crippen LogP contribution is -2.25. The number of benzene rings is 1. The summed E-state index contributed by atoms with van der Waals surface area (Å²) in [5, 5.41) is 12.6. The van der Waals surface area contributed by atoms with Gasteiger partial charge in [0.05, 0.1) is 12.6 Å². The highest BCUT2D eigenvalue weighted by molar-refractivity contribution is 6.30. The number of hydrogen-bond acceptors (Lipinski definition) is 2. The zero-order valence-corrected chi connectivity index (χ0v) is 9.39. The van der Waals surface area contributed by atoms with Gasteiger partial charge < -0.3 is 10.4 Å². The molecule has 1 aromatic carbocycles. The van der Waals surface area contributed by atoms with Gasteiger partial charge >= 0.3 is 0 Å². The third-order valence-electron chi connectivity index (χ3n) is 2.16. The third-order valence-corrected chi connectivity index (χ3v) is 2.40. The van der Waals surface area contributed by atoms with Gasteiger partial charge in [0, 0.05) is 10.6 Å². The molecule has 0 fully saturated rings. The SMILES string of the molecule is CCCNC(CO)c1ccc(Cl)cc1F. The van der Waals surface area contributed by atoms with Gasteiger partial charge in [-0.1, -0.05) is 24.6 Å². The first-order valence-corrected chi connectivity index (χ1v) is 5.36. The highest BCUT2D eigenvalue weighted by Gasteiger charge is 2.13. The molecule has 0 bridgehead atoms. The van der Waals surface area contributed by atoms with E-state index >= 15 is 0 Å². The van der Waals surface area contributed by atoms with Gasteiger partial charge in [0.2, 0.25) is 0 Å². The molecule has 0 aromatic heterocycles. The number of nitrogens with one attached hydrogen (secondary N) is 1. The molecule has 1 atom stereocenters. The van der Waals surface area contributed by atoms with Gasteiger partial charge in [-0.15, -0.1) is 0 Å². The molecule has 0 saturated heterocycles. The molecule has 0 aliphatic rings. The van der Waals surface area contributed by atoms with Crippen molar-refractivity contribution in [3.8, 4) is 0 Å². The van der Waals surface area contributed by atoms with Gasteiger partial charge in [-0.3, -0.25) is 0 Å². The van der Waals surface area contributed by atoms with Crippen molar-refractivity contribution in [3.63, 3.8) is 0 Å². The monoisotopic (exact) mass is 231 g/mol. The van der Waals surface area contributed by atoms with E-state index in [9.17, 15) is 4.39 Å². The molecule has 1 aromatic rings. The Balaban J connectivity index is 2.81. The maximum absolute atomic E-state index is 13.5. The molecule has 0 aliphatic carbocycles. The number of rotatable bonds is 5. The van der Waals surface area contributed by atoms with Crippen LogP contribution in [0.5, 0.6) is 0 Å². The smallest absolute Gasteiger partial charge is 0.129 e. The predicted molar refractivity (Wildman–Crippen MR) is 59.5 cm³/mol. The van der Waals surface area contributed by atoms with E-state index in [1.54, 1.807) is 12.1 Å². The number of halogens is 2. The van der Waals surface area contributed by atoms with Gasteiger partial charge in [0.15, 0.2) is 0 Å². The second kappa shape index (κ2) is 6.05. The van der Waals surface area contributed by atoms with Gasteiger partial charge in [-0.05, 0) is 25.1 Å². The fourth-order valence-electron chi connectivity index (χ4n) is 1.38. The molecule has 4 heteroatoms. The van der Waals surface area contributed by atoms with Crippen molar-refractivity contribution >= 4 is 11.6 Å². The lowest BCUT2D eigenvalue weighted by molar-refractivity contribution is 0.242. The summed E-state index contributed by atoms with van der Waals surface area (Å²) in [6.07, 6.45) is 0.936. The Bertz CT molecular complexity index is 319. The van der Waals surface area contributed by atoms with Crippen molar-refractivity contribution in [1.82, 2.24) is 5.32 Å². The minimum Gasteiger partial charge on any atom is -0.394 e. The molecule has 1 unspecified atom stereocenters. The van der Waals surface area contributed by atoms with Crippen molar-refractivity contribution in [2.45, 2.75) is 19.4 Å². The predicted octanol–water partition coefficient (Wildman–Crippen LogP) is 2.51. The summed E-state index contributed by atoms with van der Waals surface area (Å²) in [7, 11) is 0. The summed E-state index contributed by atoms with van der Waals surface area (Å²) in [5.41, 5.74) is 0.454. The van der Waals surface area contributed by atoms with E-state index in [0.29, 0.717) is 10.6 Å². The molecule has 0 amide bonds. The van der Waals surface area contributed by atoms with E-state index < -0.39 is 0 Å². The van der Waals surface area contributed by atoms with E-state index in [2.05, 4.69) is 5.32 Å². The Labute approximate surface area is 94.1 Å². The minimum absolute atomic E-state index is 0.126. The van der Waals surface area contributed by atoms with Crippen molar-refractivity contribution in [2.24, 2.45) is 0 Å². The van der Waals surface area contributed by atoms with Gasteiger partial charge in [0.25, 0.3) is 0 Å². The second-order valence-electron chi connectivity index (χ2n) is 3.36. The third kappa shape index (κ3) is 3.45. The normalized spacial score (nSPS) is 12.8. The highest BCUT2D eigenvalue weighted by atomic mass is 35.5. The zero-order chi connectivity index (χ0) is 11.3. The van der Waals surface area contributed by atoms with Crippen molar-refractivity contribution in [2.75, 3.05) is 13.2 Å². The molecule has 1 rings (SSSR count). The topological polar surface area (TPSA) is 32.3 Å². The fraction of sp³-hybridized carbons (Fsp3) is 0.455. The quantitative estimate of drug-likeness (QED) is 0.816. The zero-order valence-electron chi connectivity index (χ0n) is 8.63. The summed E-state index contributed by atoms with van der Waals surface area (Å²) in [6.45, 7) is 2.63.